The maximum absolute atomic E-state index is 12.2. The number of aromatic nitrogens is 1. The molecule has 0 aliphatic rings. The molecule has 0 bridgehead atoms. The Balaban J connectivity index is 2.29. The van der Waals surface area contributed by atoms with E-state index in [2.05, 4.69) is 4.98 Å². The number of pyridine rings is 1. The van der Waals surface area contributed by atoms with Crippen molar-refractivity contribution < 1.29 is 4.79 Å². The summed E-state index contributed by atoms with van der Waals surface area (Å²) < 4.78 is 0. The van der Waals surface area contributed by atoms with Crippen molar-refractivity contribution in [1.82, 2.24) is 4.98 Å². The van der Waals surface area contributed by atoms with Gasteiger partial charge in [0.05, 0.1) is 10.7 Å². The molecule has 1 aromatic heterocycles. The summed E-state index contributed by atoms with van der Waals surface area (Å²) in [5, 5.41) is 0.443. The van der Waals surface area contributed by atoms with Gasteiger partial charge in [-0.15, -0.1) is 0 Å². The molecule has 1 amide bonds. The van der Waals surface area contributed by atoms with Crippen molar-refractivity contribution in [2.45, 2.75) is 0 Å². The molecule has 0 atom stereocenters. The first kappa shape index (κ1) is 12.4. The molecule has 2 aromatic rings. The number of rotatable bonds is 2. The van der Waals surface area contributed by atoms with E-state index >= 15 is 0 Å². The van der Waals surface area contributed by atoms with Crippen LogP contribution in [-0.4, -0.2) is 17.9 Å². The highest BCUT2D eigenvalue weighted by molar-refractivity contribution is 6.33. The molecular weight excluding hydrogens is 250 g/mol. The average Bonchev–Trinajstić information content (AvgIpc) is 2.41. The molecule has 18 heavy (non-hydrogen) atoms. The first-order valence-electron chi connectivity index (χ1n) is 5.32. The topological polar surface area (TPSA) is 59.2 Å². The Morgan fingerprint density at radius 1 is 1.28 bits per heavy atom. The van der Waals surface area contributed by atoms with Gasteiger partial charge in [-0.3, -0.25) is 9.78 Å². The van der Waals surface area contributed by atoms with Crippen molar-refractivity contribution >= 4 is 28.9 Å². The van der Waals surface area contributed by atoms with Crippen molar-refractivity contribution in [3.8, 4) is 0 Å². The number of anilines is 2. The standard InChI is InChI=1S/C13H12ClN3O/c1-17(10-4-6-16-7-5-10)13(18)9-2-3-11(14)12(15)8-9/h2-8H,15H2,1H3. The van der Waals surface area contributed by atoms with E-state index in [4.69, 9.17) is 17.3 Å². The molecule has 0 unspecified atom stereocenters. The zero-order valence-electron chi connectivity index (χ0n) is 9.80. The van der Waals surface area contributed by atoms with Crippen LogP contribution in [0.4, 0.5) is 11.4 Å². The molecular formula is C13H12ClN3O. The zero-order valence-corrected chi connectivity index (χ0v) is 10.6. The summed E-state index contributed by atoms with van der Waals surface area (Å²) in [6.45, 7) is 0. The average molecular weight is 262 g/mol. The van der Waals surface area contributed by atoms with Gasteiger partial charge in [-0.1, -0.05) is 11.6 Å². The van der Waals surface area contributed by atoms with E-state index in [0.717, 1.165) is 5.69 Å². The Morgan fingerprint density at radius 3 is 2.56 bits per heavy atom. The van der Waals surface area contributed by atoms with Crippen molar-refractivity contribution in [3.63, 3.8) is 0 Å². The Kier molecular flexibility index (Phi) is 3.48. The fraction of sp³-hybridized carbons (Fsp3) is 0.0769. The Morgan fingerprint density at radius 2 is 1.94 bits per heavy atom. The number of nitrogen functional groups attached to an aromatic ring is 1. The molecule has 0 radical (unpaired) electrons. The third kappa shape index (κ3) is 2.43. The van der Waals surface area contributed by atoms with E-state index in [1.807, 2.05) is 0 Å². The van der Waals surface area contributed by atoms with Crippen LogP contribution in [0.3, 0.4) is 0 Å². The molecule has 0 fully saturated rings. The van der Waals surface area contributed by atoms with E-state index in [-0.39, 0.29) is 5.91 Å². The van der Waals surface area contributed by atoms with Gasteiger partial charge in [0.2, 0.25) is 0 Å². The first-order chi connectivity index (χ1) is 8.59. The number of carbonyl (C=O) groups excluding carboxylic acids is 1. The van der Waals surface area contributed by atoms with Crippen LogP contribution < -0.4 is 10.6 Å². The summed E-state index contributed by atoms with van der Waals surface area (Å²) in [5.74, 6) is -0.149. The minimum atomic E-state index is -0.149. The number of benzene rings is 1. The minimum absolute atomic E-state index is 0.149. The van der Waals surface area contributed by atoms with Crippen molar-refractivity contribution in [2.24, 2.45) is 0 Å². The van der Waals surface area contributed by atoms with Crippen LogP contribution in [0, 0.1) is 0 Å². The second-order valence-corrected chi connectivity index (χ2v) is 4.21. The van der Waals surface area contributed by atoms with Gasteiger partial charge in [-0.05, 0) is 30.3 Å². The summed E-state index contributed by atoms with van der Waals surface area (Å²) in [4.78, 5) is 17.7. The monoisotopic (exact) mass is 261 g/mol. The molecule has 0 saturated heterocycles. The maximum atomic E-state index is 12.2. The van der Waals surface area contributed by atoms with Gasteiger partial charge in [-0.25, -0.2) is 0 Å². The van der Waals surface area contributed by atoms with Crippen LogP contribution >= 0.6 is 11.6 Å². The Labute approximate surface area is 110 Å². The van der Waals surface area contributed by atoms with Crippen LogP contribution in [-0.2, 0) is 0 Å². The third-order valence-corrected chi connectivity index (χ3v) is 2.94. The number of amides is 1. The quantitative estimate of drug-likeness (QED) is 0.846. The number of carbonyl (C=O) groups is 1. The summed E-state index contributed by atoms with van der Waals surface area (Å²) in [6, 6.07) is 8.36. The highest BCUT2D eigenvalue weighted by atomic mass is 35.5. The van der Waals surface area contributed by atoms with Gasteiger partial charge >= 0.3 is 0 Å². The highest BCUT2D eigenvalue weighted by Crippen LogP contribution is 2.21. The van der Waals surface area contributed by atoms with Crippen LogP contribution in [0.25, 0.3) is 0 Å². The van der Waals surface area contributed by atoms with Gasteiger partial charge in [0.1, 0.15) is 0 Å². The summed E-state index contributed by atoms with van der Waals surface area (Å²) in [6.07, 6.45) is 3.27. The van der Waals surface area contributed by atoms with E-state index in [1.165, 1.54) is 4.90 Å². The van der Waals surface area contributed by atoms with Crippen LogP contribution in [0.1, 0.15) is 10.4 Å². The fourth-order valence-electron chi connectivity index (χ4n) is 1.56. The Bertz CT molecular complexity index is 572. The molecule has 5 heteroatoms. The minimum Gasteiger partial charge on any atom is -0.398 e. The number of nitrogens with two attached hydrogens (primary N) is 1. The highest BCUT2D eigenvalue weighted by Gasteiger charge is 2.14. The maximum Gasteiger partial charge on any atom is 0.258 e. The smallest absolute Gasteiger partial charge is 0.258 e. The lowest BCUT2D eigenvalue weighted by Crippen LogP contribution is -2.26. The SMILES string of the molecule is CN(C(=O)c1ccc(Cl)c(N)c1)c1ccncc1. The van der Waals surface area contributed by atoms with E-state index in [1.54, 1.807) is 49.8 Å². The molecule has 1 heterocycles. The molecule has 0 aliphatic heterocycles. The van der Waals surface area contributed by atoms with E-state index < -0.39 is 0 Å². The molecule has 92 valence electrons. The van der Waals surface area contributed by atoms with Gasteiger partial charge in [0.15, 0.2) is 0 Å². The normalized spacial score (nSPS) is 10.1. The van der Waals surface area contributed by atoms with Gasteiger partial charge in [0, 0.05) is 30.7 Å². The lowest BCUT2D eigenvalue weighted by Gasteiger charge is -2.17. The fourth-order valence-corrected chi connectivity index (χ4v) is 1.67. The summed E-state index contributed by atoms with van der Waals surface area (Å²) in [7, 11) is 1.70. The first-order valence-corrected chi connectivity index (χ1v) is 5.70. The van der Waals surface area contributed by atoms with Crippen LogP contribution in [0.5, 0.6) is 0 Å². The van der Waals surface area contributed by atoms with Crippen LogP contribution in [0.15, 0.2) is 42.7 Å². The molecule has 2 rings (SSSR count). The van der Waals surface area contributed by atoms with Crippen molar-refractivity contribution in [1.29, 1.82) is 0 Å². The number of hydrogen-bond donors (Lipinski definition) is 1. The lowest BCUT2D eigenvalue weighted by atomic mass is 10.1. The van der Waals surface area contributed by atoms with Crippen molar-refractivity contribution in [2.75, 3.05) is 17.7 Å². The largest absolute Gasteiger partial charge is 0.398 e. The number of halogens is 1. The molecule has 1 aromatic carbocycles. The predicted molar refractivity (Wildman–Crippen MR) is 72.8 cm³/mol. The van der Waals surface area contributed by atoms with Gasteiger partial charge < -0.3 is 10.6 Å². The molecule has 0 saturated carbocycles. The van der Waals surface area contributed by atoms with Gasteiger partial charge in [-0.2, -0.15) is 0 Å². The third-order valence-electron chi connectivity index (χ3n) is 2.60. The summed E-state index contributed by atoms with van der Waals surface area (Å²) >= 11 is 5.82. The zero-order chi connectivity index (χ0) is 13.1. The van der Waals surface area contributed by atoms with E-state index in [9.17, 15) is 4.79 Å². The van der Waals surface area contributed by atoms with Crippen LogP contribution in [0.2, 0.25) is 5.02 Å². The molecule has 4 nitrogen and oxygen atoms in total. The second kappa shape index (κ2) is 5.06. The number of nitrogens with zero attached hydrogens (tertiary/aromatic N) is 2. The van der Waals surface area contributed by atoms with Gasteiger partial charge in [0.25, 0.3) is 5.91 Å². The van der Waals surface area contributed by atoms with E-state index in [0.29, 0.717) is 16.3 Å². The Hall–Kier alpha value is -2.07. The molecule has 2 N–H and O–H groups in total. The second-order valence-electron chi connectivity index (χ2n) is 3.81. The van der Waals surface area contributed by atoms with Crippen molar-refractivity contribution in [3.05, 3.63) is 53.3 Å². The molecule has 0 spiro atoms. The summed E-state index contributed by atoms with van der Waals surface area (Å²) in [5.41, 5.74) is 7.34. The number of hydrogen-bond acceptors (Lipinski definition) is 3. The molecule has 0 aliphatic carbocycles. The lowest BCUT2D eigenvalue weighted by molar-refractivity contribution is 0.0993. The predicted octanol–water partition coefficient (Wildman–Crippen LogP) is 2.59.